The van der Waals surface area contributed by atoms with Gasteiger partial charge in [0.25, 0.3) is 5.91 Å². The van der Waals surface area contributed by atoms with Gasteiger partial charge in [-0.2, -0.15) is 0 Å². The second-order valence-corrected chi connectivity index (χ2v) is 8.99. The zero-order valence-corrected chi connectivity index (χ0v) is 16.9. The van der Waals surface area contributed by atoms with Crippen LogP contribution in [0.3, 0.4) is 0 Å². The van der Waals surface area contributed by atoms with Gasteiger partial charge in [-0.3, -0.25) is 9.52 Å². The van der Waals surface area contributed by atoms with Crippen molar-refractivity contribution in [1.29, 1.82) is 0 Å². The number of aryl methyl sites for hydroxylation is 1. The van der Waals surface area contributed by atoms with E-state index in [1.165, 1.54) is 5.56 Å². The van der Waals surface area contributed by atoms with E-state index in [1.807, 2.05) is 17.0 Å². The van der Waals surface area contributed by atoms with Crippen molar-refractivity contribution in [2.75, 3.05) is 24.1 Å². The van der Waals surface area contributed by atoms with E-state index in [4.69, 9.17) is 6.42 Å². The number of hydrogen-bond acceptors (Lipinski definition) is 3. The Morgan fingerprint density at radius 2 is 1.79 bits per heavy atom. The molecule has 0 bridgehead atoms. The lowest BCUT2D eigenvalue weighted by Crippen LogP contribution is -2.38. The maximum absolute atomic E-state index is 12.9. The maximum atomic E-state index is 12.9. The molecular formula is C22H24N2O3S. The molecule has 0 radical (unpaired) electrons. The smallest absolute Gasteiger partial charge is 0.253 e. The fraction of sp³-hybridized carbons (Fsp3) is 0.318. The molecular weight excluding hydrogens is 372 g/mol. The average Bonchev–Trinajstić information content (AvgIpc) is 2.68. The number of hydrogen-bond donors (Lipinski definition) is 1. The van der Waals surface area contributed by atoms with Gasteiger partial charge in [-0.25, -0.2) is 8.42 Å². The molecule has 1 N–H and O–H groups in total. The third-order valence-corrected chi connectivity index (χ3v) is 5.70. The second-order valence-electron chi connectivity index (χ2n) is 7.24. The van der Waals surface area contributed by atoms with Gasteiger partial charge in [0.1, 0.15) is 0 Å². The molecule has 1 amide bonds. The summed E-state index contributed by atoms with van der Waals surface area (Å²) in [5.41, 5.74) is 3.83. The summed E-state index contributed by atoms with van der Waals surface area (Å²) in [6.07, 6.45) is 8.29. The molecule has 28 heavy (non-hydrogen) atoms. The summed E-state index contributed by atoms with van der Waals surface area (Å²) in [6, 6.07) is 13.2. The molecule has 0 saturated carbocycles. The molecule has 2 aromatic carbocycles. The monoisotopic (exact) mass is 396 g/mol. The molecule has 0 unspecified atom stereocenters. The Hall–Kier alpha value is -2.78. The van der Waals surface area contributed by atoms with E-state index in [9.17, 15) is 13.2 Å². The van der Waals surface area contributed by atoms with Gasteiger partial charge in [-0.1, -0.05) is 24.1 Å². The Labute approximate surface area is 166 Å². The number of carbonyl (C=O) groups excluding carboxylic acids is 1. The lowest BCUT2D eigenvalue weighted by molar-refractivity contribution is 0.0713. The van der Waals surface area contributed by atoms with E-state index in [2.05, 4.69) is 22.8 Å². The number of nitrogens with one attached hydrogen (secondary N) is 1. The van der Waals surface area contributed by atoms with Crippen molar-refractivity contribution in [3.05, 3.63) is 64.7 Å². The molecule has 0 aromatic heterocycles. The average molecular weight is 397 g/mol. The number of piperidine rings is 1. The van der Waals surface area contributed by atoms with Crippen LogP contribution in [-0.4, -0.2) is 38.6 Å². The molecule has 1 fully saturated rings. The topological polar surface area (TPSA) is 66.5 Å². The van der Waals surface area contributed by atoms with Crippen LogP contribution in [0.4, 0.5) is 5.69 Å². The van der Waals surface area contributed by atoms with Crippen molar-refractivity contribution in [1.82, 2.24) is 4.90 Å². The highest BCUT2D eigenvalue weighted by molar-refractivity contribution is 7.92. The maximum Gasteiger partial charge on any atom is 0.253 e. The standard InChI is InChI=1S/C22H24N2O3S/c1-4-17-6-9-18(10-7-17)19-11-13-24(14-12-19)22(25)20-8-5-16(2)21(15-20)23-28(3,26)27/h1,5-10,15,19,23H,11-14H2,2-3H3. The number of sulfonamides is 1. The molecule has 146 valence electrons. The summed E-state index contributed by atoms with van der Waals surface area (Å²) in [5.74, 6) is 2.97. The molecule has 1 aliphatic heterocycles. The van der Waals surface area contributed by atoms with Crippen LogP contribution in [0.2, 0.25) is 0 Å². The van der Waals surface area contributed by atoms with Gasteiger partial charge < -0.3 is 4.90 Å². The number of anilines is 1. The van der Waals surface area contributed by atoms with Crippen molar-refractivity contribution in [3.8, 4) is 12.3 Å². The number of nitrogens with zero attached hydrogens (tertiary/aromatic N) is 1. The van der Waals surface area contributed by atoms with Crippen molar-refractivity contribution in [2.24, 2.45) is 0 Å². The molecule has 6 heteroatoms. The second kappa shape index (κ2) is 8.07. The molecule has 0 atom stereocenters. The van der Waals surface area contributed by atoms with E-state index in [0.29, 0.717) is 30.3 Å². The van der Waals surface area contributed by atoms with Gasteiger partial charge >= 0.3 is 0 Å². The largest absolute Gasteiger partial charge is 0.339 e. The highest BCUT2D eigenvalue weighted by atomic mass is 32.2. The highest BCUT2D eigenvalue weighted by Gasteiger charge is 2.25. The number of carbonyl (C=O) groups is 1. The lowest BCUT2D eigenvalue weighted by Gasteiger charge is -2.32. The predicted octanol–water partition coefficient (Wildman–Crippen LogP) is 3.37. The molecule has 2 aromatic rings. The van der Waals surface area contributed by atoms with Crippen LogP contribution in [0.1, 0.15) is 45.8 Å². The lowest BCUT2D eigenvalue weighted by atomic mass is 9.89. The third kappa shape index (κ3) is 4.73. The Kier molecular flexibility index (Phi) is 5.76. The normalized spacial score (nSPS) is 15.1. The quantitative estimate of drug-likeness (QED) is 0.806. The van der Waals surface area contributed by atoms with Crippen molar-refractivity contribution in [2.45, 2.75) is 25.7 Å². The van der Waals surface area contributed by atoms with Gasteiger partial charge in [0.2, 0.25) is 10.0 Å². The Morgan fingerprint density at radius 1 is 1.14 bits per heavy atom. The first kappa shape index (κ1) is 20.0. The van der Waals surface area contributed by atoms with Gasteiger partial charge in [0, 0.05) is 24.2 Å². The fourth-order valence-corrected chi connectivity index (χ4v) is 4.13. The summed E-state index contributed by atoms with van der Waals surface area (Å²) in [7, 11) is -3.40. The number of rotatable bonds is 4. The van der Waals surface area contributed by atoms with Gasteiger partial charge in [0.05, 0.1) is 11.9 Å². The molecule has 0 spiro atoms. The minimum atomic E-state index is -3.40. The molecule has 1 heterocycles. The minimum Gasteiger partial charge on any atom is -0.339 e. The first-order chi connectivity index (χ1) is 13.3. The third-order valence-electron chi connectivity index (χ3n) is 5.11. The van der Waals surface area contributed by atoms with Crippen LogP contribution in [0, 0.1) is 19.3 Å². The number of benzene rings is 2. The van der Waals surface area contributed by atoms with E-state index in [0.717, 1.165) is 30.2 Å². The highest BCUT2D eigenvalue weighted by Crippen LogP contribution is 2.29. The van der Waals surface area contributed by atoms with Crippen molar-refractivity contribution in [3.63, 3.8) is 0 Å². The predicted molar refractivity (Wildman–Crippen MR) is 112 cm³/mol. The van der Waals surface area contributed by atoms with Crippen LogP contribution in [0.15, 0.2) is 42.5 Å². The Morgan fingerprint density at radius 3 is 2.36 bits per heavy atom. The van der Waals surface area contributed by atoms with Gasteiger partial charge in [-0.05, 0) is 61.1 Å². The SMILES string of the molecule is C#Cc1ccc(C2CCN(C(=O)c3ccc(C)c(NS(C)(=O)=O)c3)CC2)cc1. The Bertz CT molecular complexity index is 1010. The summed E-state index contributed by atoms with van der Waals surface area (Å²) >= 11 is 0. The van der Waals surface area contributed by atoms with Crippen LogP contribution in [0.25, 0.3) is 0 Å². The summed E-state index contributed by atoms with van der Waals surface area (Å²) in [6.45, 7) is 3.14. The van der Waals surface area contributed by atoms with E-state index >= 15 is 0 Å². The van der Waals surface area contributed by atoms with Crippen molar-refractivity contribution < 1.29 is 13.2 Å². The zero-order chi connectivity index (χ0) is 20.3. The van der Waals surface area contributed by atoms with E-state index < -0.39 is 10.0 Å². The molecule has 0 aliphatic carbocycles. The minimum absolute atomic E-state index is 0.0716. The molecule has 1 aliphatic rings. The Balaban J connectivity index is 1.68. The fourth-order valence-electron chi connectivity index (χ4n) is 3.51. The molecule has 5 nitrogen and oxygen atoms in total. The van der Waals surface area contributed by atoms with Crippen LogP contribution >= 0.6 is 0 Å². The van der Waals surface area contributed by atoms with E-state index in [-0.39, 0.29) is 5.91 Å². The molecule has 1 saturated heterocycles. The van der Waals surface area contributed by atoms with Crippen molar-refractivity contribution >= 4 is 21.6 Å². The van der Waals surface area contributed by atoms with Crippen LogP contribution in [-0.2, 0) is 10.0 Å². The zero-order valence-electron chi connectivity index (χ0n) is 16.1. The van der Waals surface area contributed by atoms with Crippen LogP contribution in [0.5, 0.6) is 0 Å². The summed E-state index contributed by atoms with van der Waals surface area (Å²) in [5, 5.41) is 0. The molecule has 3 rings (SSSR count). The number of amides is 1. The number of likely N-dealkylation sites (tertiary alicyclic amines) is 1. The van der Waals surface area contributed by atoms with Gasteiger partial charge in [-0.15, -0.1) is 6.42 Å². The number of terminal acetylenes is 1. The van der Waals surface area contributed by atoms with Crippen LogP contribution < -0.4 is 4.72 Å². The van der Waals surface area contributed by atoms with Gasteiger partial charge in [0.15, 0.2) is 0 Å². The first-order valence-electron chi connectivity index (χ1n) is 9.21. The first-order valence-corrected chi connectivity index (χ1v) is 11.1. The van der Waals surface area contributed by atoms with E-state index in [1.54, 1.807) is 25.1 Å². The summed E-state index contributed by atoms with van der Waals surface area (Å²) in [4.78, 5) is 14.7. The summed E-state index contributed by atoms with van der Waals surface area (Å²) < 4.78 is 25.5.